The Hall–Kier alpha value is -1.87. The Morgan fingerprint density at radius 2 is 1.90 bits per heavy atom. The summed E-state index contributed by atoms with van der Waals surface area (Å²) in [5, 5.41) is 2.29. The Labute approximate surface area is 125 Å². The Bertz CT molecular complexity index is 634. The van der Waals surface area contributed by atoms with Crippen LogP contribution in [0.15, 0.2) is 42.5 Å². The van der Waals surface area contributed by atoms with Gasteiger partial charge >= 0.3 is 0 Å². The molecule has 0 aromatic heterocycles. The molecule has 0 atom stereocenters. The molecule has 21 heavy (non-hydrogen) atoms. The summed E-state index contributed by atoms with van der Waals surface area (Å²) in [6, 6.07) is 14.5. The lowest BCUT2D eigenvalue weighted by molar-refractivity contribution is 0.0578. The molecule has 0 aliphatic heterocycles. The van der Waals surface area contributed by atoms with E-state index in [1.165, 1.54) is 11.8 Å². The van der Waals surface area contributed by atoms with Gasteiger partial charge in [-0.2, -0.15) is 0 Å². The molecule has 0 unspecified atom stereocenters. The molecule has 2 aromatic rings. The largest absolute Gasteiger partial charge is 0.336 e. The van der Waals surface area contributed by atoms with Crippen LogP contribution in [0.1, 0.15) is 36.0 Å². The number of fused-ring (bicyclic) bond motifs is 1. The van der Waals surface area contributed by atoms with Crippen LogP contribution >= 0.6 is 0 Å². The Balaban J connectivity index is 1.85. The summed E-state index contributed by atoms with van der Waals surface area (Å²) < 4.78 is 0. The minimum absolute atomic E-state index is 0.152. The van der Waals surface area contributed by atoms with Crippen molar-refractivity contribution in [1.82, 2.24) is 4.90 Å². The molecule has 2 N–H and O–H groups in total. The normalized spacial score (nSPS) is 14.9. The topological polar surface area (TPSA) is 46.3 Å². The molecule has 1 saturated carbocycles. The average Bonchev–Trinajstić information content (AvgIpc) is 2.48. The first-order valence-corrected chi connectivity index (χ1v) is 7.79. The van der Waals surface area contributed by atoms with Crippen LogP contribution in [0.5, 0.6) is 0 Å². The van der Waals surface area contributed by atoms with E-state index in [0.29, 0.717) is 12.6 Å². The summed E-state index contributed by atoms with van der Waals surface area (Å²) in [6.45, 7) is 1.40. The minimum Gasteiger partial charge on any atom is -0.336 e. The molecular weight excluding hydrogens is 260 g/mol. The quantitative estimate of drug-likeness (QED) is 0.915. The van der Waals surface area contributed by atoms with Crippen molar-refractivity contribution in [3.63, 3.8) is 0 Å². The van der Waals surface area contributed by atoms with E-state index in [9.17, 15) is 4.79 Å². The molecule has 1 fully saturated rings. The molecule has 2 aromatic carbocycles. The number of hydrogen-bond acceptors (Lipinski definition) is 2. The summed E-state index contributed by atoms with van der Waals surface area (Å²) >= 11 is 0. The van der Waals surface area contributed by atoms with E-state index in [1.54, 1.807) is 0 Å². The first kappa shape index (κ1) is 14.1. The molecule has 110 valence electrons. The summed E-state index contributed by atoms with van der Waals surface area (Å²) in [6.07, 6.45) is 4.36. The number of amides is 1. The molecule has 0 spiro atoms. The van der Waals surface area contributed by atoms with Gasteiger partial charge in [0.05, 0.1) is 0 Å². The number of benzene rings is 2. The molecule has 3 rings (SSSR count). The van der Waals surface area contributed by atoms with E-state index in [0.717, 1.165) is 36.8 Å². The van der Waals surface area contributed by atoms with Crippen LogP contribution in [0.4, 0.5) is 0 Å². The van der Waals surface area contributed by atoms with Crippen LogP contribution in [0.25, 0.3) is 10.8 Å². The highest BCUT2D eigenvalue weighted by Crippen LogP contribution is 2.27. The molecule has 1 amide bonds. The number of nitrogens with two attached hydrogens (primary N) is 1. The van der Waals surface area contributed by atoms with Crippen molar-refractivity contribution in [1.29, 1.82) is 0 Å². The van der Waals surface area contributed by atoms with E-state index in [4.69, 9.17) is 5.73 Å². The van der Waals surface area contributed by atoms with Crippen molar-refractivity contribution >= 4 is 16.7 Å². The Morgan fingerprint density at radius 1 is 1.14 bits per heavy atom. The Kier molecular flexibility index (Phi) is 4.20. The number of hydrogen-bond donors (Lipinski definition) is 1. The highest BCUT2D eigenvalue weighted by Gasteiger charge is 2.28. The zero-order valence-electron chi connectivity index (χ0n) is 12.3. The molecule has 1 aliphatic carbocycles. The van der Waals surface area contributed by atoms with Gasteiger partial charge in [-0.1, -0.05) is 30.3 Å². The van der Waals surface area contributed by atoms with Gasteiger partial charge < -0.3 is 10.6 Å². The van der Waals surface area contributed by atoms with Crippen molar-refractivity contribution in [2.45, 2.75) is 31.7 Å². The maximum atomic E-state index is 12.8. The lowest BCUT2D eigenvalue weighted by atomic mass is 9.90. The molecule has 0 radical (unpaired) electrons. The van der Waals surface area contributed by atoms with Crippen LogP contribution in [-0.4, -0.2) is 29.9 Å². The number of carbonyl (C=O) groups excluding carboxylic acids is 1. The SMILES string of the molecule is NCCCN(C(=O)c1ccc2ccccc2c1)C1CCC1. The maximum absolute atomic E-state index is 12.8. The standard InChI is InChI=1S/C18H22N2O/c19-11-4-12-20(17-7-3-8-17)18(21)16-10-9-14-5-1-2-6-15(14)13-16/h1-2,5-6,9-10,13,17H,3-4,7-8,11-12,19H2. The number of carbonyl (C=O) groups is 1. The van der Waals surface area contributed by atoms with Gasteiger partial charge in [-0.05, 0) is 55.1 Å². The van der Waals surface area contributed by atoms with Gasteiger partial charge in [0.1, 0.15) is 0 Å². The van der Waals surface area contributed by atoms with Gasteiger partial charge in [0.2, 0.25) is 0 Å². The fourth-order valence-corrected chi connectivity index (χ4v) is 2.90. The molecule has 0 heterocycles. The summed E-state index contributed by atoms with van der Waals surface area (Å²) in [5.74, 6) is 0.152. The van der Waals surface area contributed by atoms with E-state index >= 15 is 0 Å². The first-order chi connectivity index (χ1) is 10.3. The second-order valence-electron chi connectivity index (χ2n) is 5.79. The second kappa shape index (κ2) is 6.27. The van der Waals surface area contributed by atoms with E-state index in [2.05, 4.69) is 12.1 Å². The molecule has 3 nitrogen and oxygen atoms in total. The van der Waals surface area contributed by atoms with Gasteiger partial charge in [-0.15, -0.1) is 0 Å². The summed E-state index contributed by atoms with van der Waals surface area (Å²) in [5.41, 5.74) is 6.40. The van der Waals surface area contributed by atoms with Crippen molar-refractivity contribution < 1.29 is 4.79 Å². The summed E-state index contributed by atoms with van der Waals surface area (Å²) in [4.78, 5) is 14.8. The van der Waals surface area contributed by atoms with E-state index in [1.807, 2.05) is 35.2 Å². The number of nitrogens with zero attached hydrogens (tertiary/aromatic N) is 1. The molecular formula is C18H22N2O. The number of rotatable bonds is 5. The highest BCUT2D eigenvalue weighted by molar-refractivity contribution is 5.98. The van der Waals surface area contributed by atoms with Crippen molar-refractivity contribution in [2.75, 3.05) is 13.1 Å². The second-order valence-corrected chi connectivity index (χ2v) is 5.79. The smallest absolute Gasteiger partial charge is 0.254 e. The van der Waals surface area contributed by atoms with Gasteiger partial charge in [0.15, 0.2) is 0 Å². The van der Waals surface area contributed by atoms with Crippen molar-refractivity contribution in [2.24, 2.45) is 5.73 Å². The minimum atomic E-state index is 0.152. The zero-order chi connectivity index (χ0) is 14.7. The van der Waals surface area contributed by atoms with Crippen molar-refractivity contribution in [3.8, 4) is 0 Å². The van der Waals surface area contributed by atoms with Crippen molar-refractivity contribution in [3.05, 3.63) is 48.0 Å². The third-order valence-electron chi connectivity index (χ3n) is 4.38. The molecule has 0 saturated heterocycles. The third-order valence-corrected chi connectivity index (χ3v) is 4.38. The molecule has 1 aliphatic rings. The van der Waals surface area contributed by atoms with Crippen LogP contribution in [0.2, 0.25) is 0 Å². The highest BCUT2D eigenvalue weighted by atomic mass is 16.2. The van der Waals surface area contributed by atoms with Gasteiger partial charge in [0.25, 0.3) is 5.91 Å². The molecule has 3 heteroatoms. The zero-order valence-corrected chi connectivity index (χ0v) is 12.3. The first-order valence-electron chi connectivity index (χ1n) is 7.79. The van der Waals surface area contributed by atoms with E-state index < -0.39 is 0 Å². The maximum Gasteiger partial charge on any atom is 0.254 e. The lowest BCUT2D eigenvalue weighted by Gasteiger charge is -2.37. The van der Waals surface area contributed by atoms with Gasteiger partial charge in [0, 0.05) is 18.2 Å². The fourth-order valence-electron chi connectivity index (χ4n) is 2.90. The van der Waals surface area contributed by atoms with E-state index in [-0.39, 0.29) is 5.91 Å². The van der Waals surface area contributed by atoms with Crippen LogP contribution in [-0.2, 0) is 0 Å². The fraction of sp³-hybridized carbons (Fsp3) is 0.389. The monoisotopic (exact) mass is 282 g/mol. The lowest BCUT2D eigenvalue weighted by Crippen LogP contribution is -2.45. The van der Waals surface area contributed by atoms with Gasteiger partial charge in [-0.25, -0.2) is 0 Å². The predicted molar refractivity (Wildman–Crippen MR) is 86.3 cm³/mol. The van der Waals surface area contributed by atoms with Crippen LogP contribution in [0.3, 0.4) is 0 Å². The predicted octanol–water partition coefficient (Wildman–Crippen LogP) is 3.18. The van der Waals surface area contributed by atoms with Crippen LogP contribution < -0.4 is 5.73 Å². The average molecular weight is 282 g/mol. The molecule has 0 bridgehead atoms. The third kappa shape index (κ3) is 2.93. The Morgan fingerprint density at radius 3 is 2.57 bits per heavy atom. The summed E-state index contributed by atoms with van der Waals surface area (Å²) in [7, 11) is 0. The van der Waals surface area contributed by atoms with Gasteiger partial charge in [-0.3, -0.25) is 4.79 Å². The van der Waals surface area contributed by atoms with Crippen LogP contribution in [0, 0.1) is 0 Å².